The number of anilines is 1. The van der Waals surface area contributed by atoms with Crippen LogP contribution in [-0.4, -0.2) is 11.9 Å². The molecule has 0 aliphatic heterocycles. The van der Waals surface area contributed by atoms with Crippen LogP contribution in [0.4, 0.5) is 5.69 Å². The quantitative estimate of drug-likeness (QED) is 0.739. The molecule has 0 bridgehead atoms. The first-order chi connectivity index (χ1) is 4.93. The zero-order valence-corrected chi connectivity index (χ0v) is 7.26. The summed E-state index contributed by atoms with van der Waals surface area (Å²) in [5.74, 6) is 0. The zero-order chi connectivity index (χ0) is 7.23. The highest BCUT2D eigenvalue weighted by atomic mass is 79.9. The molecular weight excluding hydrogens is 190 g/mol. The molecule has 54 valence electrons. The predicted octanol–water partition coefficient (Wildman–Crippen LogP) is 2.49. The third kappa shape index (κ3) is 2.40. The van der Waals surface area contributed by atoms with Crippen LogP contribution in [-0.2, 0) is 0 Å². The Labute approximate surface area is 69.6 Å². The minimum atomic E-state index is 0.976. The van der Waals surface area contributed by atoms with E-state index in [0.717, 1.165) is 11.9 Å². The van der Waals surface area contributed by atoms with Crippen LogP contribution in [0.5, 0.6) is 0 Å². The summed E-state index contributed by atoms with van der Waals surface area (Å²) >= 11 is 3.34. The van der Waals surface area contributed by atoms with Crippen LogP contribution >= 0.6 is 15.9 Å². The van der Waals surface area contributed by atoms with E-state index < -0.39 is 0 Å². The van der Waals surface area contributed by atoms with E-state index in [9.17, 15) is 0 Å². The van der Waals surface area contributed by atoms with Crippen molar-refractivity contribution in [2.75, 3.05) is 17.2 Å². The molecule has 0 saturated heterocycles. The average molecular weight is 200 g/mol. The highest BCUT2D eigenvalue weighted by Gasteiger charge is 1.84. The number of para-hydroxylation sites is 1. The number of nitrogens with one attached hydrogen (secondary N) is 1. The molecule has 1 aromatic rings. The standard InChI is InChI=1S/C8H10BrN/c9-6-7-10-8-4-2-1-3-5-8/h1-5,10H,6-7H2. The molecule has 0 fully saturated rings. The predicted molar refractivity (Wildman–Crippen MR) is 48.7 cm³/mol. The lowest BCUT2D eigenvalue weighted by Gasteiger charge is -2.01. The second kappa shape index (κ2) is 4.34. The average Bonchev–Trinajstić information content (AvgIpc) is 2.03. The van der Waals surface area contributed by atoms with Gasteiger partial charge in [-0.1, -0.05) is 34.1 Å². The first-order valence-electron chi connectivity index (χ1n) is 3.28. The van der Waals surface area contributed by atoms with Gasteiger partial charge in [0.2, 0.25) is 0 Å². The molecule has 0 aliphatic carbocycles. The van der Waals surface area contributed by atoms with E-state index in [1.165, 1.54) is 5.69 Å². The molecule has 0 heterocycles. The topological polar surface area (TPSA) is 12.0 Å². The van der Waals surface area contributed by atoms with Crippen molar-refractivity contribution < 1.29 is 0 Å². The van der Waals surface area contributed by atoms with E-state index in [4.69, 9.17) is 0 Å². The van der Waals surface area contributed by atoms with Crippen molar-refractivity contribution in [2.45, 2.75) is 0 Å². The Morgan fingerprint density at radius 3 is 2.50 bits per heavy atom. The number of hydrogen-bond acceptors (Lipinski definition) is 1. The fraction of sp³-hybridized carbons (Fsp3) is 0.250. The zero-order valence-electron chi connectivity index (χ0n) is 5.68. The van der Waals surface area contributed by atoms with Gasteiger partial charge in [-0.3, -0.25) is 0 Å². The molecule has 1 aromatic carbocycles. The number of benzene rings is 1. The normalized spacial score (nSPS) is 9.30. The van der Waals surface area contributed by atoms with Crippen LogP contribution in [0.15, 0.2) is 30.3 Å². The molecule has 1 nitrogen and oxygen atoms in total. The SMILES string of the molecule is BrCCNc1ccccc1. The van der Waals surface area contributed by atoms with Crippen molar-refractivity contribution in [2.24, 2.45) is 0 Å². The molecule has 0 saturated carbocycles. The van der Waals surface area contributed by atoms with Crippen molar-refractivity contribution in [1.82, 2.24) is 0 Å². The van der Waals surface area contributed by atoms with Crippen molar-refractivity contribution in [1.29, 1.82) is 0 Å². The molecule has 1 N–H and O–H groups in total. The minimum Gasteiger partial charge on any atom is -0.384 e. The third-order valence-corrected chi connectivity index (χ3v) is 1.59. The molecule has 0 atom stereocenters. The number of rotatable bonds is 3. The summed E-state index contributed by atoms with van der Waals surface area (Å²) in [6.45, 7) is 0.976. The lowest BCUT2D eigenvalue weighted by molar-refractivity contribution is 1.24. The highest BCUT2D eigenvalue weighted by molar-refractivity contribution is 9.09. The fourth-order valence-electron chi connectivity index (χ4n) is 0.748. The molecule has 0 radical (unpaired) electrons. The lowest BCUT2D eigenvalue weighted by atomic mass is 10.3. The molecular formula is C8H10BrN. The minimum absolute atomic E-state index is 0.976. The van der Waals surface area contributed by atoms with Gasteiger partial charge >= 0.3 is 0 Å². The van der Waals surface area contributed by atoms with E-state index in [2.05, 4.69) is 33.4 Å². The van der Waals surface area contributed by atoms with Gasteiger partial charge in [-0.2, -0.15) is 0 Å². The van der Waals surface area contributed by atoms with E-state index in [0.29, 0.717) is 0 Å². The number of hydrogen-bond donors (Lipinski definition) is 1. The van der Waals surface area contributed by atoms with Gasteiger partial charge < -0.3 is 5.32 Å². The summed E-state index contributed by atoms with van der Waals surface area (Å²) in [5, 5.41) is 4.24. The van der Waals surface area contributed by atoms with Crippen molar-refractivity contribution in [3.05, 3.63) is 30.3 Å². The van der Waals surface area contributed by atoms with Gasteiger partial charge in [0, 0.05) is 17.6 Å². The van der Waals surface area contributed by atoms with Crippen LogP contribution in [0.1, 0.15) is 0 Å². The first kappa shape index (κ1) is 7.61. The van der Waals surface area contributed by atoms with Gasteiger partial charge in [-0.15, -0.1) is 0 Å². The summed E-state index contributed by atoms with van der Waals surface area (Å²) in [6, 6.07) is 10.2. The smallest absolute Gasteiger partial charge is 0.0340 e. The van der Waals surface area contributed by atoms with Gasteiger partial charge in [0.1, 0.15) is 0 Å². The highest BCUT2D eigenvalue weighted by Crippen LogP contribution is 2.03. The van der Waals surface area contributed by atoms with Gasteiger partial charge in [0.05, 0.1) is 0 Å². The first-order valence-corrected chi connectivity index (χ1v) is 4.40. The van der Waals surface area contributed by atoms with Crippen LogP contribution in [0, 0.1) is 0 Å². The maximum absolute atomic E-state index is 3.34. The van der Waals surface area contributed by atoms with Crippen molar-refractivity contribution in [3.63, 3.8) is 0 Å². The third-order valence-electron chi connectivity index (χ3n) is 1.20. The second-order valence-corrected chi connectivity index (χ2v) is 2.77. The van der Waals surface area contributed by atoms with Crippen LogP contribution < -0.4 is 5.32 Å². The fourth-order valence-corrected chi connectivity index (χ4v) is 0.946. The molecule has 0 unspecified atom stereocenters. The number of alkyl halides is 1. The molecule has 0 aliphatic rings. The van der Waals surface area contributed by atoms with Crippen molar-refractivity contribution >= 4 is 21.6 Å². The van der Waals surface area contributed by atoms with E-state index in [1.54, 1.807) is 0 Å². The molecule has 0 amide bonds. The van der Waals surface area contributed by atoms with Gasteiger partial charge in [-0.05, 0) is 12.1 Å². The molecule has 0 spiro atoms. The van der Waals surface area contributed by atoms with Gasteiger partial charge in [0.25, 0.3) is 0 Å². The Balaban J connectivity index is 2.43. The summed E-state index contributed by atoms with van der Waals surface area (Å²) in [5.41, 5.74) is 1.18. The summed E-state index contributed by atoms with van der Waals surface area (Å²) in [7, 11) is 0. The summed E-state index contributed by atoms with van der Waals surface area (Å²) < 4.78 is 0. The second-order valence-electron chi connectivity index (χ2n) is 1.98. The molecule has 0 aromatic heterocycles. The Kier molecular flexibility index (Phi) is 3.30. The van der Waals surface area contributed by atoms with E-state index in [1.807, 2.05) is 18.2 Å². The van der Waals surface area contributed by atoms with Crippen LogP contribution in [0.2, 0.25) is 0 Å². The summed E-state index contributed by atoms with van der Waals surface area (Å²) in [4.78, 5) is 0. The van der Waals surface area contributed by atoms with E-state index in [-0.39, 0.29) is 0 Å². The van der Waals surface area contributed by atoms with Crippen LogP contribution in [0.25, 0.3) is 0 Å². The Hall–Kier alpha value is -0.500. The Bertz CT molecular complexity index is 174. The van der Waals surface area contributed by atoms with Gasteiger partial charge in [0.15, 0.2) is 0 Å². The Morgan fingerprint density at radius 1 is 1.20 bits per heavy atom. The maximum atomic E-state index is 3.34. The van der Waals surface area contributed by atoms with Crippen LogP contribution in [0.3, 0.4) is 0 Å². The molecule has 10 heavy (non-hydrogen) atoms. The molecule has 1 rings (SSSR count). The Morgan fingerprint density at radius 2 is 1.90 bits per heavy atom. The van der Waals surface area contributed by atoms with Gasteiger partial charge in [-0.25, -0.2) is 0 Å². The van der Waals surface area contributed by atoms with E-state index >= 15 is 0 Å². The number of halogens is 1. The lowest BCUT2D eigenvalue weighted by Crippen LogP contribution is -2.00. The molecule has 2 heteroatoms. The monoisotopic (exact) mass is 199 g/mol. The maximum Gasteiger partial charge on any atom is 0.0340 e. The summed E-state index contributed by atoms with van der Waals surface area (Å²) in [6.07, 6.45) is 0. The largest absolute Gasteiger partial charge is 0.384 e. The van der Waals surface area contributed by atoms with Crippen molar-refractivity contribution in [3.8, 4) is 0 Å².